The minimum Gasteiger partial charge on any atom is -0.197 e. The monoisotopic (exact) mass is 201 g/mol. The van der Waals surface area contributed by atoms with Crippen LogP contribution >= 0.6 is 0 Å². The van der Waals surface area contributed by atoms with Crippen molar-refractivity contribution in [1.82, 2.24) is 15.4 Å². The average molecular weight is 201 g/mol. The zero-order valence-corrected chi connectivity index (χ0v) is 9.28. The highest BCUT2D eigenvalue weighted by atomic mass is 15.3. The lowest BCUT2D eigenvalue weighted by atomic mass is 9.97. The first-order chi connectivity index (χ1) is 7.18. The van der Waals surface area contributed by atoms with Crippen molar-refractivity contribution >= 4 is 0 Å². The van der Waals surface area contributed by atoms with Crippen molar-refractivity contribution in [3.8, 4) is 11.3 Å². The lowest BCUT2D eigenvalue weighted by Gasteiger charge is -2.08. The van der Waals surface area contributed by atoms with Crippen molar-refractivity contribution in [3.05, 3.63) is 35.5 Å². The van der Waals surface area contributed by atoms with E-state index in [1.54, 1.807) is 6.20 Å². The summed E-state index contributed by atoms with van der Waals surface area (Å²) in [5.41, 5.74) is 4.66. The molecule has 0 spiro atoms. The number of hydrogen-bond donors (Lipinski definition) is 1. The van der Waals surface area contributed by atoms with E-state index >= 15 is 0 Å². The number of hydrogen-bond acceptors (Lipinski definition) is 2. The van der Waals surface area contributed by atoms with Crippen molar-refractivity contribution in [2.24, 2.45) is 0 Å². The van der Waals surface area contributed by atoms with Gasteiger partial charge in [-0.3, -0.25) is 0 Å². The summed E-state index contributed by atoms with van der Waals surface area (Å²) in [5, 5.41) is 10.5. The maximum absolute atomic E-state index is 4.09. The minimum atomic E-state index is 0.565. The maximum Gasteiger partial charge on any atom is 0.113 e. The molecule has 0 radical (unpaired) electrons. The number of aromatic nitrogens is 3. The zero-order chi connectivity index (χ0) is 10.8. The first-order valence-electron chi connectivity index (χ1n) is 5.15. The molecule has 0 saturated carbocycles. The number of nitrogens with one attached hydrogen (secondary N) is 1. The second-order valence-electron chi connectivity index (χ2n) is 4.08. The molecule has 0 fully saturated rings. The number of nitrogens with zero attached hydrogens (tertiary/aromatic N) is 2. The van der Waals surface area contributed by atoms with Crippen LogP contribution in [-0.2, 0) is 0 Å². The van der Waals surface area contributed by atoms with Gasteiger partial charge in [-0.1, -0.05) is 32.0 Å². The molecule has 0 aliphatic heterocycles. The predicted molar refractivity (Wildman–Crippen MR) is 60.6 cm³/mol. The Morgan fingerprint density at radius 3 is 2.60 bits per heavy atom. The van der Waals surface area contributed by atoms with E-state index in [1.807, 2.05) is 0 Å². The van der Waals surface area contributed by atoms with E-state index in [0.29, 0.717) is 5.92 Å². The number of benzene rings is 1. The summed E-state index contributed by atoms with van der Waals surface area (Å²) in [4.78, 5) is 0. The van der Waals surface area contributed by atoms with Gasteiger partial charge in [0.25, 0.3) is 0 Å². The van der Waals surface area contributed by atoms with Gasteiger partial charge in [-0.25, -0.2) is 0 Å². The third-order valence-corrected chi connectivity index (χ3v) is 2.61. The molecule has 2 aromatic rings. The molecule has 78 valence electrons. The summed E-state index contributed by atoms with van der Waals surface area (Å²) in [6, 6.07) is 6.48. The van der Waals surface area contributed by atoms with E-state index in [4.69, 9.17) is 0 Å². The van der Waals surface area contributed by atoms with Gasteiger partial charge in [0.05, 0.1) is 6.20 Å². The lowest BCUT2D eigenvalue weighted by molar-refractivity contribution is 0.865. The number of rotatable bonds is 2. The summed E-state index contributed by atoms with van der Waals surface area (Å²) in [6.07, 6.45) is 1.75. The normalized spacial score (nSPS) is 10.9. The van der Waals surface area contributed by atoms with Crippen molar-refractivity contribution in [1.29, 1.82) is 0 Å². The molecule has 1 heterocycles. The summed E-state index contributed by atoms with van der Waals surface area (Å²) >= 11 is 0. The van der Waals surface area contributed by atoms with Gasteiger partial charge in [0.2, 0.25) is 0 Å². The van der Waals surface area contributed by atoms with Gasteiger partial charge < -0.3 is 0 Å². The number of aryl methyl sites for hydroxylation is 1. The average Bonchev–Trinajstić information content (AvgIpc) is 2.70. The zero-order valence-electron chi connectivity index (χ0n) is 9.28. The maximum atomic E-state index is 4.09. The molecule has 3 heteroatoms. The van der Waals surface area contributed by atoms with Crippen LogP contribution in [0.1, 0.15) is 30.9 Å². The topological polar surface area (TPSA) is 41.6 Å². The van der Waals surface area contributed by atoms with Crippen LogP contribution in [0, 0.1) is 6.92 Å². The number of aromatic amines is 1. The summed E-state index contributed by atoms with van der Waals surface area (Å²) in [7, 11) is 0. The Hall–Kier alpha value is -1.64. The Morgan fingerprint density at radius 2 is 2.07 bits per heavy atom. The molecule has 15 heavy (non-hydrogen) atoms. The van der Waals surface area contributed by atoms with Crippen LogP contribution < -0.4 is 0 Å². The van der Waals surface area contributed by atoms with Crippen LogP contribution in [0.3, 0.4) is 0 Å². The highest BCUT2D eigenvalue weighted by Crippen LogP contribution is 2.24. The van der Waals surface area contributed by atoms with E-state index < -0.39 is 0 Å². The molecule has 1 aromatic carbocycles. The SMILES string of the molecule is Cc1cc(C(C)C)ccc1-c1cn[nH]n1. The van der Waals surface area contributed by atoms with Crippen LogP contribution in [0.15, 0.2) is 24.4 Å². The molecule has 0 amide bonds. The predicted octanol–water partition coefficient (Wildman–Crippen LogP) is 2.90. The van der Waals surface area contributed by atoms with Crippen LogP contribution in [0.5, 0.6) is 0 Å². The first kappa shape index (κ1) is 9.90. The second-order valence-corrected chi connectivity index (χ2v) is 4.08. The highest BCUT2D eigenvalue weighted by molar-refractivity contribution is 5.62. The Balaban J connectivity index is 2.44. The van der Waals surface area contributed by atoms with Crippen LogP contribution in [-0.4, -0.2) is 15.4 Å². The van der Waals surface area contributed by atoms with Gasteiger partial charge in [0.1, 0.15) is 5.69 Å². The Labute approximate surface area is 89.5 Å². The van der Waals surface area contributed by atoms with E-state index in [-0.39, 0.29) is 0 Å². The van der Waals surface area contributed by atoms with Crippen LogP contribution in [0.25, 0.3) is 11.3 Å². The molecule has 0 aliphatic carbocycles. The molecule has 3 nitrogen and oxygen atoms in total. The summed E-state index contributed by atoms with van der Waals surface area (Å²) in [5.74, 6) is 0.565. The van der Waals surface area contributed by atoms with E-state index in [0.717, 1.165) is 11.3 Å². The van der Waals surface area contributed by atoms with Gasteiger partial charge >= 0.3 is 0 Å². The van der Waals surface area contributed by atoms with Crippen molar-refractivity contribution < 1.29 is 0 Å². The van der Waals surface area contributed by atoms with Gasteiger partial charge in [-0.2, -0.15) is 15.4 Å². The largest absolute Gasteiger partial charge is 0.197 e. The summed E-state index contributed by atoms with van der Waals surface area (Å²) < 4.78 is 0. The van der Waals surface area contributed by atoms with Crippen molar-refractivity contribution in [2.75, 3.05) is 0 Å². The molecule has 2 rings (SSSR count). The van der Waals surface area contributed by atoms with Gasteiger partial charge in [-0.15, -0.1) is 0 Å². The first-order valence-corrected chi connectivity index (χ1v) is 5.15. The Bertz CT molecular complexity index is 444. The number of H-pyrrole nitrogens is 1. The van der Waals surface area contributed by atoms with Gasteiger partial charge in [0, 0.05) is 5.56 Å². The third kappa shape index (κ3) is 1.91. The Kier molecular flexibility index (Phi) is 2.54. The molecule has 0 saturated heterocycles. The standard InChI is InChI=1S/C12H15N3/c1-8(2)10-4-5-11(9(3)6-10)12-7-13-15-14-12/h4-8H,1-3H3,(H,13,14,15). The molecule has 0 aliphatic rings. The van der Waals surface area contributed by atoms with E-state index in [1.165, 1.54) is 11.1 Å². The van der Waals surface area contributed by atoms with E-state index in [9.17, 15) is 0 Å². The molecule has 0 unspecified atom stereocenters. The molecule has 1 N–H and O–H groups in total. The van der Waals surface area contributed by atoms with Gasteiger partial charge in [-0.05, 0) is 24.0 Å². The Morgan fingerprint density at radius 1 is 1.27 bits per heavy atom. The van der Waals surface area contributed by atoms with Crippen LogP contribution in [0.2, 0.25) is 0 Å². The highest BCUT2D eigenvalue weighted by Gasteiger charge is 2.06. The molecular weight excluding hydrogens is 186 g/mol. The fourth-order valence-corrected chi connectivity index (χ4v) is 1.66. The summed E-state index contributed by atoms with van der Waals surface area (Å²) in [6.45, 7) is 6.50. The quantitative estimate of drug-likeness (QED) is 0.811. The fourth-order valence-electron chi connectivity index (χ4n) is 1.66. The molecule has 0 atom stereocenters. The molecule has 1 aromatic heterocycles. The lowest BCUT2D eigenvalue weighted by Crippen LogP contribution is -1.90. The van der Waals surface area contributed by atoms with Gasteiger partial charge in [0.15, 0.2) is 0 Å². The minimum absolute atomic E-state index is 0.565. The van der Waals surface area contributed by atoms with E-state index in [2.05, 4.69) is 54.4 Å². The smallest absolute Gasteiger partial charge is 0.113 e. The van der Waals surface area contributed by atoms with Crippen LogP contribution in [0.4, 0.5) is 0 Å². The fraction of sp³-hybridized carbons (Fsp3) is 0.333. The third-order valence-electron chi connectivity index (χ3n) is 2.61. The molecule has 0 bridgehead atoms. The second kappa shape index (κ2) is 3.85. The van der Waals surface area contributed by atoms with Crippen molar-refractivity contribution in [2.45, 2.75) is 26.7 Å². The molecular formula is C12H15N3. The van der Waals surface area contributed by atoms with Crippen molar-refractivity contribution in [3.63, 3.8) is 0 Å².